The predicted molar refractivity (Wildman–Crippen MR) is 72.5 cm³/mol. The van der Waals surface area contributed by atoms with Gasteiger partial charge in [0.2, 0.25) is 0 Å². The third-order valence-corrected chi connectivity index (χ3v) is 2.40. The van der Waals surface area contributed by atoms with Crippen LogP contribution in [0.2, 0.25) is 0 Å². The van der Waals surface area contributed by atoms with Crippen molar-refractivity contribution in [2.24, 2.45) is 0 Å². The maximum Gasteiger partial charge on any atom is 0.157 e. The fourth-order valence-corrected chi connectivity index (χ4v) is 1.42. The summed E-state index contributed by atoms with van der Waals surface area (Å²) in [4.78, 5) is 11.5. The van der Waals surface area contributed by atoms with E-state index in [4.69, 9.17) is 5.11 Å². The number of phenolic OH excluding ortho intramolecular Hbond substituents is 2. The lowest BCUT2D eigenvalue weighted by molar-refractivity contribution is -0.114. The fourth-order valence-electron chi connectivity index (χ4n) is 1.42. The van der Waals surface area contributed by atoms with Crippen molar-refractivity contribution in [1.82, 2.24) is 0 Å². The number of rotatable bonds is 5. The molecule has 0 saturated carbocycles. The Hall–Kier alpha value is -2.03. The maximum atomic E-state index is 11.5. The van der Waals surface area contributed by atoms with Crippen LogP contribution in [0.25, 0.3) is 6.08 Å². The van der Waals surface area contributed by atoms with Gasteiger partial charge in [0.25, 0.3) is 0 Å². The van der Waals surface area contributed by atoms with Crippen LogP contribution in [-0.2, 0) is 4.79 Å². The summed E-state index contributed by atoms with van der Waals surface area (Å²) in [7, 11) is 0. The second kappa shape index (κ2) is 6.64. The Balaban J connectivity index is 2.55. The fraction of sp³-hybridized carbons (Fsp3) is 0.267. The van der Waals surface area contributed by atoms with Gasteiger partial charge in [-0.25, -0.2) is 0 Å². The van der Waals surface area contributed by atoms with Crippen LogP contribution in [0.15, 0.2) is 35.9 Å². The number of phenols is 2. The van der Waals surface area contributed by atoms with E-state index >= 15 is 0 Å². The molecule has 0 bridgehead atoms. The van der Waals surface area contributed by atoms with E-state index < -0.39 is 0 Å². The summed E-state index contributed by atoms with van der Waals surface area (Å²) in [6.07, 6.45) is 6.37. The van der Waals surface area contributed by atoms with Crippen molar-refractivity contribution < 1.29 is 15.0 Å². The van der Waals surface area contributed by atoms with E-state index in [0.29, 0.717) is 12.0 Å². The normalized spacial score (nSPS) is 10.6. The SMILES string of the molecule is CC(C)=CCCC(=O)C=Cc1ccc(O)c(O)c1. The molecule has 0 radical (unpaired) electrons. The van der Waals surface area contributed by atoms with Crippen LogP contribution < -0.4 is 0 Å². The standard InChI is InChI=1S/C15H18O3/c1-11(2)4-3-5-13(16)8-6-12-7-9-14(17)15(18)10-12/h4,6-10,17-18H,3,5H2,1-2H3. The number of allylic oxidation sites excluding steroid dienone is 3. The zero-order chi connectivity index (χ0) is 13.5. The van der Waals surface area contributed by atoms with Crippen molar-refractivity contribution in [2.75, 3.05) is 0 Å². The molecule has 0 saturated heterocycles. The quantitative estimate of drug-likeness (QED) is 0.475. The number of aromatic hydroxyl groups is 2. The summed E-state index contributed by atoms with van der Waals surface area (Å²) < 4.78 is 0. The first-order valence-corrected chi connectivity index (χ1v) is 5.85. The van der Waals surface area contributed by atoms with Gasteiger partial charge in [-0.05, 0) is 44.0 Å². The minimum absolute atomic E-state index is 0.0417. The Morgan fingerprint density at radius 2 is 1.94 bits per heavy atom. The number of carbonyl (C=O) groups is 1. The third-order valence-electron chi connectivity index (χ3n) is 2.40. The summed E-state index contributed by atoms with van der Waals surface area (Å²) in [5, 5.41) is 18.4. The molecule has 0 aromatic heterocycles. The van der Waals surface area contributed by atoms with E-state index in [1.807, 2.05) is 19.9 Å². The van der Waals surface area contributed by atoms with E-state index in [1.54, 1.807) is 12.1 Å². The third kappa shape index (κ3) is 4.87. The highest BCUT2D eigenvalue weighted by atomic mass is 16.3. The van der Waals surface area contributed by atoms with Crippen molar-refractivity contribution in [1.29, 1.82) is 0 Å². The Morgan fingerprint density at radius 1 is 1.22 bits per heavy atom. The van der Waals surface area contributed by atoms with Crippen LogP contribution in [0.1, 0.15) is 32.3 Å². The lowest BCUT2D eigenvalue weighted by Crippen LogP contribution is -1.90. The highest BCUT2D eigenvalue weighted by Gasteiger charge is 1.99. The highest BCUT2D eigenvalue weighted by Crippen LogP contribution is 2.25. The molecular weight excluding hydrogens is 228 g/mol. The molecule has 0 amide bonds. The molecule has 3 heteroatoms. The van der Waals surface area contributed by atoms with Gasteiger partial charge in [0.15, 0.2) is 17.3 Å². The molecule has 2 N–H and O–H groups in total. The van der Waals surface area contributed by atoms with Gasteiger partial charge in [-0.2, -0.15) is 0 Å². The zero-order valence-corrected chi connectivity index (χ0v) is 10.7. The summed E-state index contributed by atoms with van der Waals surface area (Å²) in [6.45, 7) is 4.00. The van der Waals surface area contributed by atoms with Gasteiger partial charge < -0.3 is 10.2 Å². The second-order valence-corrected chi connectivity index (χ2v) is 4.37. The van der Waals surface area contributed by atoms with Crippen molar-refractivity contribution in [3.63, 3.8) is 0 Å². The number of hydrogen-bond donors (Lipinski definition) is 2. The van der Waals surface area contributed by atoms with Crippen LogP contribution in [0.4, 0.5) is 0 Å². The first kappa shape index (κ1) is 14.0. The molecule has 0 unspecified atom stereocenters. The first-order chi connectivity index (χ1) is 8.49. The molecule has 1 aromatic carbocycles. The topological polar surface area (TPSA) is 57.5 Å². The Kier molecular flexibility index (Phi) is 5.18. The van der Waals surface area contributed by atoms with Gasteiger partial charge >= 0.3 is 0 Å². The van der Waals surface area contributed by atoms with Crippen molar-refractivity contribution in [2.45, 2.75) is 26.7 Å². The van der Waals surface area contributed by atoms with Crippen LogP contribution in [-0.4, -0.2) is 16.0 Å². The van der Waals surface area contributed by atoms with Crippen LogP contribution in [0, 0.1) is 0 Å². The van der Waals surface area contributed by atoms with E-state index in [1.165, 1.54) is 23.8 Å². The Morgan fingerprint density at radius 3 is 2.56 bits per heavy atom. The summed E-state index contributed by atoms with van der Waals surface area (Å²) in [6, 6.07) is 4.44. The molecule has 1 rings (SSSR count). The molecule has 0 heterocycles. The molecule has 18 heavy (non-hydrogen) atoms. The number of ketones is 1. The molecule has 0 aliphatic carbocycles. The van der Waals surface area contributed by atoms with Crippen molar-refractivity contribution >= 4 is 11.9 Å². The number of carbonyl (C=O) groups excluding carboxylic acids is 1. The minimum Gasteiger partial charge on any atom is -0.504 e. The van der Waals surface area contributed by atoms with Gasteiger partial charge in [-0.3, -0.25) is 4.79 Å². The maximum absolute atomic E-state index is 11.5. The smallest absolute Gasteiger partial charge is 0.157 e. The van der Waals surface area contributed by atoms with Gasteiger partial charge in [-0.15, -0.1) is 0 Å². The summed E-state index contributed by atoms with van der Waals surface area (Å²) in [5.41, 5.74) is 1.89. The van der Waals surface area contributed by atoms with Crippen molar-refractivity contribution in [3.8, 4) is 11.5 Å². The van der Waals surface area contributed by atoms with Crippen LogP contribution >= 0.6 is 0 Å². The van der Waals surface area contributed by atoms with Crippen LogP contribution in [0.5, 0.6) is 11.5 Å². The highest BCUT2D eigenvalue weighted by molar-refractivity contribution is 5.93. The molecule has 1 aromatic rings. The largest absolute Gasteiger partial charge is 0.504 e. The van der Waals surface area contributed by atoms with Gasteiger partial charge in [0.05, 0.1) is 0 Å². The van der Waals surface area contributed by atoms with E-state index in [0.717, 1.165) is 6.42 Å². The molecule has 96 valence electrons. The minimum atomic E-state index is -0.186. The Bertz CT molecular complexity index is 481. The average molecular weight is 246 g/mol. The second-order valence-electron chi connectivity index (χ2n) is 4.37. The van der Waals surface area contributed by atoms with Crippen molar-refractivity contribution in [3.05, 3.63) is 41.5 Å². The molecule has 0 aliphatic rings. The zero-order valence-electron chi connectivity index (χ0n) is 10.7. The van der Waals surface area contributed by atoms with E-state index in [2.05, 4.69) is 0 Å². The molecule has 3 nitrogen and oxygen atoms in total. The predicted octanol–water partition coefficient (Wildman–Crippen LogP) is 3.43. The Labute approximate surface area is 107 Å². The monoisotopic (exact) mass is 246 g/mol. The van der Waals surface area contributed by atoms with E-state index in [-0.39, 0.29) is 17.3 Å². The molecule has 0 atom stereocenters. The lowest BCUT2D eigenvalue weighted by atomic mass is 10.1. The number of benzene rings is 1. The van der Waals surface area contributed by atoms with Crippen LogP contribution in [0.3, 0.4) is 0 Å². The summed E-state index contributed by atoms with van der Waals surface area (Å²) in [5.74, 6) is -0.309. The summed E-state index contributed by atoms with van der Waals surface area (Å²) >= 11 is 0. The molecule has 0 aliphatic heterocycles. The number of hydrogen-bond acceptors (Lipinski definition) is 3. The van der Waals surface area contributed by atoms with E-state index in [9.17, 15) is 9.90 Å². The molecule has 0 spiro atoms. The lowest BCUT2D eigenvalue weighted by Gasteiger charge is -1.98. The first-order valence-electron chi connectivity index (χ1n) is 5.85. The molecular formula is C15H18O3. The van der Waals surface area contributed by atoms with Gasteiger partial charge in [-0.1, -0.05) is 23.8 Å². The average Bonchev–Trinajstić information content (AvgIpc) is 2.30. The molecule has 0 fully saturated rings. The van der Waals surface area contributed by atoms with Gasteiger partial charge in [0, 0.05) is 6.42 Å². The van der Waals surface area contributed by atoms with Gasteiger partial charge in [0.1, 0.15) is 0 Å².